The van der Waals surface area contributed by atoms with Gasteiger partial charge >= 0.3 is 0 Å². The molecule has 0 atom stereocenters. The highest BCUT2D eigenvalue weighted by atomic mass is 16.3. The molecule has 6 rings (SSSR count). The normalized spacial score (nSPS) is 15.3. The maximum Gasteiger partial charge on any atom is 0.216 e. The van der Waals surface area contributed by atoms with Crippen LogP contribution in [0.1, 0.15) is 49.1 Å². The summed E-state index contributed by atoms with van der Waals surface area (Å²) in [7, 11) is 2.15. The van der Waals surface area contributed by atoms with E-state index in [-0.39, 0.29) is 0 Å². The Bertz CT molecular complexity index is 1440. The van der Waals surface area contributed by atoms with Gasteiger partial charge in [0.2, 0.25) is 5.69 Å². The molecule has 0 bridgehead atoms. The fourth-order valence-electron chi connectivity index (χ4n) is 5.51. The van der Waals surface area contributed by atoms with Gasteiger partial charge in [0.1, 0.15) is 18.2 Å². The molecule has 0 spiro atoms. The summed E-state index contributed by atoms with van der Waals surface area (Å²) in [6.07, 6.45) is 8.95. The Labute approximate surface area is 183 Å². The van der Waals surface area contributed by atoms with E-state index in [0.717, 1.165) is 11.2 Å². The number of aromatic nitrogens is 1. The van der Waals surface area contributed by atoms with Gasteiger partial charge in [-0.25, -0.2) is 4.57 Å². The lowest BCUT2D eigenvalue weighted by Crippen LogP contribution is -2.31. The fourth-order valence-corrected chi connectivity index (χ4v) is 5.51. The first kappa shape index (κ1) is 18.6. The van der Waals surface area contributed by atoms with Gasteiger partial charge in [-0.3, -0.25) is 0 Å². The first-order chi connectivity index (χ1) is 15.2. The summed E-state index contributed by atoms with van der Waals surface area (Å²) in [5.41, 5.74) is 7.19. The molecule has 0 aliphatic heterocycles. The van der Waals surface area contributed by atoms with Crippen molar-refractivity contribution in [1.29, 1.82) is 0 Å². The van der Waals surface area contributed by atoms with Crippen LogP contribution in [-0.4, -0.2) is 0 Å². The molecule has 2 heteroatoms. The van der Waals surface area contributed by atoms with E-state index in [0.29, 0.717) is 5.92 Å². The lowest BCUT2D eigenvalue weighted by atomic mass is 9.84. The van der Waals surface area contributed by atoms with Gasteiger partial charge in [-0.2, -0.15) is 0 Å². The van der Waals surface area contributed by atoms with Crippen molar-refractivity contribution in [3.8, 4) is 11.3 Å². The number of rotatable bonds is 2. The van der Waals surface area contributed by atoms with Crippen LogP contribution in [0.15, 0.2) is 71.3 Å². The molecule has 2 heterocycles. The minimum absolute atomic E-state index is 0.688. The number of furan rings is 1. The van der Waals surface area contributed by atoms with E-state index >= 15 is 0 Å². The molecule has 31 heavy (non-hydrogen) atoms. The average Bonchev–Trinajstić information content (AvgIpc) is 3.19. The molecule has 3 aromatic carbocycles. The van der Waals surface area contributed by atoms with Gasteiger partial charge in [0.15, 0.2) is 6.20 Å². The lowest BCUT2D eigenvalue weighted by Gasteiger charge is -2.21. The quantitative estimate of drug-likeness (QED) is 0.276. The number of benzene rings is 3. The van der Waals surface area contributed by atoms with E-state index in [1.807, 2.05) is 0 Å². The summed E-state index contributed by atoms with van der Waals surface area (Å²) in [6.45, 7) is 2.20. The summed E-state index contributed by atoms with van der Waals surface area (Å²) < 4.78 is 8.91. The van der Waals surface area contributed by atoms with Gasteiger partial charge in [0.05, 0.1) is 5.56 Å². The molecule has 2 nitrogen and oxygen atoms in total. The summed E-state index contributed by atoms with van der Waals surface area (Å²) in [5.74, 6) is 0.688. The van der Waals surface area contributed by atoms with Crippen molar-refractivity contribution < 1.29 is 8.98 Å². The van der Waals surface area contributed by atoms with E-state index in [9.17, 15) is 0 Å². The topological polar surface area (TPSA) is 17.0 Å². The Hall–Kier alpha value is -3.13. The van der Waals surface area contributed by atoms with E-state index in [2.05, 4.69) is 85.4 Å². The number of fused-ring (bicyclic) bond motifs is 5. The van der Waals surface area contributed by atoms with Crippen LogP contribution >= 0.6 is 0 Å². The number of hydrogen-bond acceptors (Lipinski definition) is 1. The second-order valence-electron chi connectivity index (χ2n) is 9.19. The van der Waals surface area contributed by atoms with E-state index in [1.165, 1.54) is 76.0 Å². The molecule has 0 N–H and O–H groups in total. The molecule has 2 aromatic heterocycles. The van der Waals surface area contributed by atoms with E-state index in [1.54, 1.807) is 0 Å². The molecule has 1 saturated carbocycles. The molecule has 0 radical (unpaired) electrons. The molecular weight excluding hydrogens is 378 g/mol. The zero-order valence-electron chi connectivity index (χ0n) is 18.3. The molecule has 0 amide bonds. The van der Waals surface area contributed by atoms with Crippen LogP contribution in [0.2, 0.25) is 0 Å². The Morgan fingerprint density at radius 3 is 2.45 bits per heavy atom. The van der Waals surface area contributed by atoms with Gasteiger partial charge in [-0.1, -0.05) is 61.7 Å². The third kappa shape index (κ3) is 2.96. The van der Waals surface area contributed by atoms with Crippen molar-refractivity contribution in [2.45, 2.75) is 44.9 Å². The van der Waals surface area contributed by atoms with Crippen molar-refractivity contribution >= 4 is 32.7 Å². The van der Waals surface area contributed by atoms with Gasteiger partial charge in [0.25, 0.3) is 0 Å². The molecule has 1 aliphatic rings. The maximum absolute atomic E-state index is 6.66. The third-order valence-electron chi connectivity index (χ3n) is 7.25. The highest BCUT2D eigenvalue weighted by Gasteiger charge is 2.24. The molecular formula is C29H28NO+. The van der Waals surface area contributed by atoms with Crippen LogP contribution in [0.3, 0.4) is 0 Å². The van der Waals surface area contributed by atoms with Crippen molar-refractivity contribution in [1.82, 2.24) is 0 Å². The lowest BCUT2D eigenvalue weighted by molar-refractivity contribution is -0.660. The smallest absolute Gasteiger partial charge is 0.216 e. The molecule has 154 valence electrons. The zero-order chi connectivity index (χ0) is 20.9. The number of aryl methyl sites for hydroxylation is 2. The molecule has 0 unspecified atom stereocenters. The molecule has 5 aromatic rings. The van der Waals surface area contributed by atoms with Crippen molar-refractivity contribution in [3.05, 3.63) is 78.0 Å². The second-order valence-corrected chi connectivity index (χ2v) is 9.19. The Balaban J connectivity index is 1.62. The minimum atomic E-state index is 0.688. The average molecular weight is 407 g/mol. The van der Waals surface area contributed by atoms with Crippen LogP contribution in [0.5, 0.6) is 0 Å². The van der Waals surface area contributed by atoms with Crippen molar-refractivity contribution in [3.63, 3.8) is 0 Å². The van der Waals surface area contributed by atoms with Crippen LogP contribution in [0.25, 0.3) is 44.0 Å². The summed E-state index contributed by atoms with van der Waals surface area (Å²) in [5, 5.41) is 4.79. The summed E-state index contributed by atoms with van der Waals surface area (Å²) in [6, 6.07) is 22.1. The highest BCUT2D eigenvalue weighted by Crippen LogP contribution is 2.40. The third-order valence-corrected chi connectivity index (χ3v) is 7.25. The Morgan fingerprint density at radius 2 is 1.58 bits per heavy atom. The first-order valence-corrected chi connectivity index (χ1v) is 11.5. The van der Waals surface area contributed by atoms with Gasteiger partial charge in [-0.05, 0) is 48.3 Å². The summed E-state index contributed by atoms with van der Waals surface area (Å²) >= 11 is 0. The van der Waals surface area contributed by atoms with Crippen LogP contribution in [0.4, 0.5) is 0 Å². The number of hydrogen-bond donors (Lipinski definition) is 0. The van der Waals surface area contributed by atoms with Crippen LogP contribution in [-0.2, 0) is 7.05 Å². The standard InChI is InChI=1S/C29H28NO/c1-19-12-14-25-24-15-13-21-10-6-7-11-23(21)28(24)31-29(25)27(19)26-18-22(16-17-30(26)2)20-8-4-3-5-9-20/h6-7,10-18,20H,3-5,8-9H2,1-2H3/q+1. The SMILES string of the molecule is Cc1ccc2c(oc3c4ccccc4ccc23)c1-c1cc(C2CCCCC2)cc[n+]1C. The van der Waals surface area contributed by atoms with E-state index < -0.39 is 0 Å². The van der Waals surface area contributed by atoms with Gasteiger partial charge in [0, 0.05) is 28.3 Å². The van der Waals surface area contributed by atoms with E-state index in [4.69, 9.17) is 4.42 Å². The van der Waals surface area contributed by atoms with Crippen molar-refractivity contribution in [2.24, 2.45) is 7.05 Å². The first-order valence-electron chi connectivity index (χ1n) is 11.5. The molecule has 0 saturated heterocycles. The Morgan fingerprint density at radius 1 is 0.806 bits per heavy atom. The number of nitrogens with zero attached hydrogens (tertiary/aromatic N) is 1. The predicted octanol–water partition coefficient (Wildman–Crippen LogP) is 7.59. The van der Waals surface area contributed by atoms with Gasteiger partial charge in [-0.15, -0.1) is 0 Å². The van der Waals surface area contributed by atoms with Crippen LogP contribution in [0, 0.1) is 6.92 Å². The highest BCUT2D eigenvalue weighted by molar-refractivity contribution is 6.17. The predicted molar refractivity (Wildman–Crippen MR) is 128 cm³/mol. The second kappa shape index (κ2) is 7.23. The monoisotopic (exact) mass is 406 g/mol. The Kier molecular flexibility index (Phi) is 4.34. The van der Waals surface area contributed by atoms with Crippen LogP contribution < -0.4 is 4.57 Å². The zero-order valence-corrected chi connectivity index (χ0v) is 18.3. The maximum atomic E-state index is 6.66. The fraction of sp³-hybridized carbons (Fsp3) is 0.276. The summed E-state index contributed by atoms with van der Waals surface area (Å²) in [4.78, 5) is 0. The molecule has 1 aliphatic carbocycles. The number of pyridine rings is 1. The minimum Gasteiger partial charge on any atom is -0.454 e. The molecule has 1 fully saturated rings. The largest absolute Gasteiger partial charge is 0.454 e. The van der Waals surface area contributed by atoms with Gasteiger partial charge < -0.3 is 4.42 Å². The van der Waals surface area contributed by atoms with Crippen molar-refractivity contribution in [2.75, 3.05) is 0 Å².